The maximum absolute atomic E-state index is 5.42. The van der Waals surface area contributed by atoms with Crippen molar-refractivity contribution in [2.45, 2.75) is 40.7 Å². The third kappa shape index (κ3) is 6.55. The summed E-state index contributed by atoms with van der Waals surface area (Å²) in [5.74, 6) is 3.32. The van der Waals surface area contributed by atoms with E-state index in [2.05, 4.69) is 88.7 Å². The quantitative estimate of drug-likeness (QED) is 0.420. The Bertz CT molecular complexity index is 980. The van der Waals surface area contributed by atoms with Gasteiger partial charge in [0.05, 0.1) is 5.71 Å². The summed E-state index contributed by atoms with van der Waals surface area (Å²) in [5, 5.41) is 0. The number of rotatable bonds is 8. The number of allylic oxidation sites excluding steroid dienone is 2. The number of hydrogen-bond donors (Lipinski definition) is 0. The zero-order valence-electron chi connectivity index (χ0n) is 21.6. The van der Waals surface area contributed by atoms with Gasteiger partial charge < -0.3 is 14.7 Å². The van der Waals surface area contributed by atoms with E-state index in [1.165, 1.54) is 22.4 Å². The molecule has 2 heterocycles. The van der Waals surface area contributed by atoms with Crippen molar-refractivity contribution in [2.75, 3.05) is 52.4 Å². The van der Waals surface area contributed by atoms with Crippen LogP contribution in [0.1, 0.15) is 43.9 Å². The molecule has 0 bridgehead atoms. The van der Waals surface area contributed by atoms with E-state index in [1.54, 1.807) is 0 Å². The summed E-state index contributed by atoms with van der Waals surface area (Å²) >= 11 is 0. The summed E-state index contributed by atoms with van der Waals surface area (Å²) in [6, 6.07) is 6.86. The molecule has 0 saturated carbocycles. The lowest BCUT2D eigenvalue weighted by molar-refractivity contribution is 0.152. The van der Waals surface area contributed by atoms with Gasteiger partial charge in [0.1, 0.15) is 5.82 Å². The normalized spacial score (nSPS) is 18.1. The number of hydrogen-bond acceptors (Lipinski definition) is 5. The molecular formula is C29H41N5. The van der Waals surface area contributed by atoms with Gasteiger partial charge in [0, 0.05) is 75.9 Å². The van der Waals surface area contributed by atoms with Gasteiger partial charge in [0.15, 0.2) is 0 Å². The van der Waals surface area contributed by atoms with Gasteiger partial charge in [-0.3, -0.25) is 4.90 Å². The molecule has 0 atom stereocenters. The highest BCUT2D eigenvalue weighted by Gasteiger charge is 2.21. The smallest absolute Gasteiger partial charge is 0.122 e. The molecule has 0 N–H and O–H groups in total. The third-order valence-corrected chi connectivity index (χ3v) is 6.92. The Morgan fingerprint density at radius 1 is 1.00 bits per heavy atom. The van der Waals surface area contributed by atoms with Crippen LogP contribution in [0.2, 0.25) is 0 Å². The maximum atomic E-state index is 5.42. The van der Waals surface area contributed by atoms with Crippen molar-refractivity contribution in [3.8, 4) is 12.3 Å². The Hall–Kier alpha value is -2.97. The Morgan fingerprint density at radius 3 is 2.24 bits per heavy atom. The lowest BCUT2D eigenvalue weighted by Crippen LogP contribution is -2.45. The highest BCUT2D eigenvalue weighted by Crippen LogP contribution is 2.25. The van der Waals surface area contributed by atoms with Crippen LogP contribution in [-0.2, 0) is 6.54 Å². The fourth-order valence-electron chi connectivity index (χ4n) is 4.72. The van der Waals surface area contributed by atoms with Crippen LogP contribution in [0.15, 0.2) is 53.9 Å². The maximum Gasteiger partial charge on any atom is 0.122 e. The van der Waals surface area contributed by atoms with Gasteiger partial charge in [0.25, 0.3) is 0 Å². The average molecular weight is 460 g/mol. The molecule has 0 spiro atoms. The van der Waals surface area contributed by atoms with E-state index in [0.29, 0.717) is 5.71 Å². The van der Waals surface area contributed by atoms with Crippen LogP contribution in [0.3, 0.4) is 0 Å². The summed E-state index contributed by atoms with van der Waals surface area (Å²) < 4.78 is 0. The lowest BCUT2D eigenvalue weighted by atomic mass is 10.0. The summed E-state index contributed by atoms with van der Waals surface area (Å²) in [7, 11) is 0. The van der Waals surface area contributed by atoms with Crippen LogP contribution in [0.4, 0.5) is 0 Å². The predicted molar refractivity (Wildman–Crippen MR) is 145 cm³/mol. The first-order valence-corrected chi connectivity index (χ1v) is 12.5. The topological polar surface area (TPSA) is 25.3 Å². The molecule has 182 valence electrons. The molecule has 5 nitrogen and oxygen atoms in total. The Kier molecular flexibility index (Phi) is 9.01. The van der Waals surface area contributed by atoms with Crippen LogP contribution in [-0.4, -0.2) is 77.7 Å². The molecule has 3 rings (SSSR count). The average Bonchev–Trinajstić information content (AvgIpc) is 2.85. The van der Waals surface area contributed by atoms with E-state index in [1.807, 2.05) is 6.92 Å². The highest BCUT2D eigenvalue weighted by molar-refractivity contribution is 5.98. The summed E-state index contributed by atoms with van der Waals surface area (Å²) in [4.78, 5) is 14.1. The second kappa shape index (κ2) is 11.9. The number of piperazine rings is 2. The minimum absolute atomic E-state index is 0.665. The van der Waals surface area contributed by atoms with E-state index in [9.17, 15) is 0 Å². The molecule has 2 aliphatic heterocycles. The number of terminal acetylenes is 1. The first-order valence-electron chi connectivity index (χ1n) is 12.5. The molecule has 1 aromatic rings. The lowest BCUT2D eigenvalue weighted by Gasteiger charge is -2.38. The van der Waals surface area contributed by atoms with Gasteiger partial charge in [-0.2, -0.15) is 0 Å². The van der Waals surface area contributed by atoms with Crippen molar-refractivity contribution in [2.24, 2.45) is 4.99 Å². The van der Waals surface area contributed by atoms with Crippen LogP contribution in [0.25, 0.3) is 5.70 Å². The Balaban J connectivity index is 1.58. The number of nitrogens with zero attached hydrogens (tertiary/aromatic N) is 5. The van der Waals surface area contributed by atoms with Crippen LogP contribution >= 0.6 is 0 Å². The molecule has 0 unspecified atom stereocenters. The molecular weight excluding hydrogens is 418 g/mol. The summed E-state index contributed by atoms with van der Waals surface area (Å²) in [6.45, 7) is 26.0. The molecule has 0 amide bonds. The van der Waals surface area contributed by atoms with Crippen LogP contribution in [0.5, 0.6) is 0 Å². The second-order valence-corrected chi connectivity index (χ2v) is 9.34. The Morgan fingerprint density at radius 2 is 1.62 bits per heavy atom. The molecule has 0 aromatic heterocycles. The molecule has 2 saturated heterocycles. The van der Waals surface area contributed by atoms with E-state index in [-0.39, 0.29) is 0 Å². The monoisotopic (exact) mass is 459 g/mol. The van der Waals surface area contributed by atoms with Gasteiger partial charge in [-0.15, -0.1) is 6.42 Å². The van der Waals surface area contributed by atoms with Gasteiger partial charge in [0.2, 0.25) is 0 Å². The standard InChI is InChI=1S/C29H41N5/c1-8-10-25(5)32-15-13-31(14-16-32)22-28-12-11-23(3)29(21-28)26(6)33-17-19-34(20-18-33)27(7)30-24(4)9-2/h2,10-12,21H,6-8,13-20,22H2,1,3-5H3/b25-10+,30-24+. The summed E-state index contributed by atoms with van der Waals surface area (Å²) in [5.41, 5.74) is 7.09. The van der Waals surface area contributed by atoms with E-state index in [4.69, 9.17) is 6.42 Å². The van der Waals surface area contributed by atoms with Crippen molar-refractivity contribution >= 4 is 11.4 Å². The summed E-state index contributed by atoms with van der Waals surface area (Å²) in [6.07, 6.45) is 8.85. The molecule has 0 aliphatic carbocycles. The molecule has 2 aliphatic rings. The molecule has 0 radical (unpaired) electrons. The predicted octanol–water partition coefficient (Wildman–Crippen LogP) is 4.58. The Labute approximate surface area is 207 Å². The zero-order valence-corrected chi connectivity index (χ0v) is 21.6. The van der Waals surface area contributed by atoms with Crippen molar-refractivity contribution in [1.29, 1.82) is 0 Å². The first kappa shape index (κ1) is 25.6. The number of aryl methyl sites for hydroxylation is 1. The van der Waals surface area contributed by atoms with E-state index >= 15 is 0 Å². The van der Waals surface area contributed by atoms with Crippen LogP contribution in [0, 0.1) is 19.3 Å². The fourth-order valence-corrected chi connectivity index (χ4v) is 4.72. The van der Waals surface area contributed by atoms with Crippen LogP contribution < -0.4 is 0 Å². The fraction of sp³-hybridized carbons (Fsp3) is 0.483. The SMILES string of the molecule is C#C/C(C)=N/C(=C)N1CCN(C(=C)c2cc(CN3CCN(/C(C)=C/CC)CC3)ccc2C)CC1. The molecule has 34 heavy (non-hydrogen) atoms. The van der Waals surface area contributed by atoms with Gasteiger partial charge >= 0.3 is 0 Å². The number of benzene rings is 1. The van der Waals surface area contributed by atoms with Gasteiger partial charge in [-0.25, -0.2) is 4.99 Å². The van der Waals surface area contributed by atoms with E-state index < -0.39 is 0 Å². The molecule has 2 fully saturated rings. The first-order chi connectivity index (χ1) is 16.3. The molecule has 1 aromatic carbocycles. The van der Waals surface area contributed by atoms with Crippen molar-refractivity contribution in [3.63, 3.8) is 0 Å². The third-order valence-electron chi connectivity index (χ3n) is 6.92. The van der Waals surface area contributed by atoms with E-state index in [0.717, 1.165) is 76.8 Å². The number of aliphatic imine (C=N–C) groups is 1. The zero-order chi connectivity index (χ0) is 24.7. The van der Waals surface area contributed by atoms with Crippen molar-refractivity contribution in [3.05, 3.63) is 65.6 Å². The molecule has 5 heteroatoms. The minimum Gasteiger partial charge on any atom is -0.373 e. The second-order valence-electron chi connectivity index (χ2n) is 9.34. The van der Waals surface area contributed by atoms with Crippen molar-refractivity contribution < 1.29 is 0 Å². The van der Waals surface area contributed by atoms with Crippen molar-refractivity contribution in [1.82, 2.24) is 19.6 Å². The highest BCUT2D eigenvalue weighted by atomic mass is 15.3. The van der Waals surface area contributed by atoms with Gasteiger partial charge in [-0.05, 0) is 44.4 Å². The minimum atomic E-state index is 0.665. The largest absolute Gasteiger partial charge is 0.373 e. The van der Waals surface area contributed by atoms with Gasteiger partial charge in [-0.1, -0.05) is 44.2 Å².